The van der Waals surface area contributed by atoms with E-state index in [0.717, 1.165) is 0 Å². The Kier molecular flexibility index (Phi) is 7.86. The molecule has 22 heavy (non-hydrogen) atoms. The number of nitrogens with one attached hydrogen (secondary N) is 1. The quantitative estimate of drug-likeness (QED) is 0.141. The Labute approximate surface area is 130 Å². The van der Waals surface area contributed by atoms with Crippen LogP contribution in [0.2, 0.25) is 0 Å². The third-order valence-corrected chi connectivity index (χ3v) is 3.86. The molecule has 0 saturated heterocycles. The topological polar surface area (TPSA) is 150 Å². The number of rotatable bonds is 9. The molecule has 0 radical (unpaired) electrons. The van der Waals surface area contributed by atoms with Crippen LogP contribution in [0.15, 0.2) is 0 Å². The van der Waals surface area contributed by atoms with Crippen LogP contribution in [0.3, 0.4) is 0 Å². The minimum Gasteiger partial charge on any atom is -0.394 e. The molecular formula is C13H29N2O7+. The zero-order valence-corrected chi connectivity index (χ0v) is 13.5. The second-order valence-electron chi connectivity index (χ2n) is 6.08. The third kappa shape index (κ3) is 5.13. The van der Waals surface area contributed by atoms with Crippen LogP contribution in [0.4, 0.5) is 0 Å². The summed E-state index contributed by atoms with van der Waals surface area (Å²) in [6, 6.07) is 0. The van der Waals surface area contributed by atoms with E-state index in [0.29, 0.717) is 12.8 Å². The summed E-state index contributed by atoms with van der Waals surface area (Å²) in [7, 11) is 2.90. The van der Waals surface area contributed by atoms with Crippen molar-refractivity contribution in [3.63, 3.8) is 0 Å². The lowest BCUT2D eigenvalue weighted by atomic mass is 10.0. The van der Waals surface area contributed by atoms with Crippen LogP contribution in [0.5, 0.6) is 0 Å². The van der Waals surface area contributed by atoms with Crippen molar-refractivity contribution < 1.29 is 40.2 Å². The molecule has 0 bridgehead atoms. The van der Waals surface area contributed by atoms with E-state index >= 15 is 0 Å². The van der Waals surface area contributed by atoms with Crippen molar-refractivity contribution >= 4 is 5.91 Å². The molecule has 0 aliphatic carbocycles. The summed E-state index contributed by atoms with van der Waals surface area (Å²) in [4.78, 5) is 12.0. The molecule has 9 nitrogen and oxygen atoms in total. The van der Waals surface area contributed by atoms with Crippen molar-refractivity contribution in [3.8, 4) is 0 Å². The molecule has 0 rings (SSSR count). The van der Waals surface area contributed by atoms with Crippen molar-refractivity contribution in [2.45, 2.75) is 56.8 Å². The molecule has 0 aromatic carbocycles. The van der Waals surface area contributed by atoms with Gasteiger partial charge >= 0.3 is 0 Å². The van der Waals surface area contributed by atoms with E-state index in [1.807, 2.05) is 6.92 Å². The Balaban J connectivity index is 5.02. The minimum absolute atomic E-state index is 0.396. The van der Waals surface area contributed by atoms with Gasteiger partial charge in [0, 0.05) is 13.3 Å². The fourth-order valence-corrected chi connectivity index (χ4v) is 1.98. The average Bonchev–Trinajstić information content (AvgIpc) is 2.42. The van der Waals surface area contributed by atoms with Gasteiger partial charge in [-0.25, -0.2) is 5.21 Å². The third-order valence-electron chi connectivity index (χ3n) is 3.86. The minimum atomic E-state index is -2.03. The number of amides is 1. The molecule has 9 heteroatoms. The maximum Gasteiger partial charge on any atom is 0.256 e. The number of aliphatic hydroxyl groups excluding tert-OH is 5. The van der Waals surface area contributed by atoms with Crippen LogP contribution in [-0.2, 0) is 4.79 Å². The predicted molar refractivity (Wildman–Crippen MR) is 76.5 cm³/mol. The summed E-state index contributed by atoms with van der Waals surface area (Å²) in [5.41, 5.74) is -1.12. The monoisotopic (exact) mass is 325 g/mol. The number of hydrogen-bond donors (Lipinski definition) is 7. The summed E-state index contributed by atoms with van der Waals surface area (Å²) in [6.45, 7) is 2.60. The molecular weight excluding hydrogens is 296 g/mol. The van der Waals surface area contributed by atoms with Gasteiger partial charge in [-0.1, -0.05) is 6.92 Å². The largest absolute Gasteiger partial charge is 0.394 e. The lowest BCUT2D eigenvalue weighted by molar-refractivity contribution is -1.11. The average molecular weight is 325 g/mol. The van der Waals surface area contributed by atoms with E-state index in [4.69, 9.17) is 5.11 Å². The van der Waals surface area contributed by atoms with Crippen molar-refractivity contribution in [1.29, 1.82) is 0 Å². The molecule has 0 aliphatic rings. The Hall–Kier alpha value is -0.810. The first-order valence-electron chi connectivity index (χ1n) is 7.13. The van der Waals surface area contributed by atoms with E-state index < -0.39 is 47.2 Å². The number of aliphatic hydroxyl groups is 5. The van der Waals surface area contributed by atoms with Crippen LogP contribution in [0.25, 0.3) is 0 Å². The van der Waals surface area contributed by atoms with Gasteiger partial charge in [0.05, 0.1) is 6.61 Å². The van der Waals surface area contributed by atoms with E-state index in [-0.39, 0.29) is 0 Å². The molecule has 1 unspecified atom stereocenters. The molecule has 0 aromatic heterocycles. The lowest BCUT2D eigenvalue weighted by Gasteiger charge is -2.41. The molecule has 5 atom stereocenters. The summed E-state index contributed by atoms with van der Waals surface area (Å²) in [5, 5.41) is 59.5. The van der Waals surface area contributed by atoms with E-state index in [9.17, 15) is 30.4 Å². The smallest absolute Gasteiger partial charge is 0.256 e. The Morgan fingerprint density at radius 1 is 1.18 bits per heavy atom. The molecule has 0 spiro atoms. The first kappa shape index (κ1) is 21.2. The van der Waals surface area contributed by atoms with Crippen LogP contribution < -0.4 is 5.32 Å². The van der Waals surface area contributed by atoms with Gasteiger partial charge in [0.1, 0.15) is 32.4 Å². The summed E-state index contributed by atoms with van der Waals surface area (Å²) in [6.07, 6.45) is -6.55. The number of quaternary nitrogens is 1. The standard InChI is InChI=1S/C13H28N2O7/c1-5-6-13(2,15(3,4)22)14-12(21)11(20)10(19)9(18)8(17)7-16/h8-11,16-20,22H,5-7H2,1-4H3/p+1/t8-,9-,10+,11-,13?/m1/s1. The van der Waals surface area contributed by atoms with E-state index in [1.54, 1.807) is 6.92 Å². The van der Waals surface area contributed by atoms with Gasteiger partial charge < -0.3 is 25.5 Å². The fraction of sp³-hybridized carbons (Fsp3) is 0.923. The highest BCUT2D eigenvalue weighted by molar-refractivity contribution is 5.81. The van der Waals surface area contributed by atoms with Gasteiger partial charge in [-0.3, -0.25) is 10.1 Å². The van der Waals surface area contributed by atoms with Gasteiger partial charge in [-0.05, 0) is 6.42 Å². The fourth-order valence-electron chi connectivity index (χ4n) is 1.98. The second kappa shape index (κ2) is 8.16. The van der Waals surface area contributed by atoms with Gasteiger partial charge in [-0.15, -0.1) is 0 Å². The van der Waals surface area contributed by atoms with Crippen molar-refractivity contribution in [2.24, 2.45) is 0 Å². The molecule has 0 fully saturated rings. The van der Waals surface area contributed by atoms with Crippen LogP contribution in [0, 0.1) is 0 Å². The van der Waals surface area contributed by atoms with E-state index in [2.05, 4.69) is 5.32 Å². The number of carbonyl (C=O) groups is 1. The maximum absolute atomic E-state index is 12.0. The Bertz CT molecular complexity index is 361. The first-order valence-corrected chi connectivity index (χ1v) is 7.13. The Morgan fingerprint density at radius 3 is 2.05 bits per heavy atom. The number of carbonyl (C=O) groups excluding carboxylic acids is 1. The molecule has 132 valence electrons. The highest BCUT2D eigenvalue weighted by Crippen LogP contribution is 2.21. The normalized spacial score (nSPS) is 20.6. The zero-order chi connectivity index (χ0) is 17.7. The first-order chi connectivity index (χ1) is 9.91. The molecule has 0 saturated carbocycles. The summed E-state index contributed by atoms with van der Waals surface area (Å²) < 4.78 is -0.600. The van der Waals surface area contributed by atoms with Crippen LogP contribution in [0.1, 0.15) is 26.7 Å². The van der Waals surface area contributed by atoms with Crippen molar-refractivity contribution in [1.82, 2.24) is 5.32 Å². The zero-order valence-electron chi connectivity index (χ0n) is 13.5. The maximum atomic E-state index is 12.0. The number of nitrogens with zero attached hydrogens (tertiary/aromatic N) is 1. The molecule has 0 aliphatic heterocycles. The van der Waals surface area contributed by atoms with Crippen molar-refractivity contribution in [3.05, 3.63) is 0 Å². The Morgan fingerprint density at radius 2 is 1.68 bits per heavy atom. The van der Waals surface area contributed by atoms with Gasteiger partial charge in [0.25, 0.3) is 5.91 Å². The predicted octanol–water partition coefficient (Wildman–Crippen LogP) is -2.48. The number of hydroxylamine groups is 3. The van der Waals surface area contributed by atoms with Gasteiger partial charge in [0.15, 0.2) is 6.10 Å². The van der Waals surface area contributed by atoms with Crippen LogP contribution >= 0.6 is 0 Å². The van der Waals surface area contributed by atoms with Crippen LogP contribution in [-0.4, -0.2) is 92.1 Å². The van der Waals surface area contributed by atoms with Gasteiger partial charge in [0.2, 0.25) is 5.66 Å². The van der Waals surface area contributed by atoms with Gasteiger partial charge in [-0.2, -0.15) is 4.65 Å². The molecule has 7 N–H and O–H groups in total. The second-order valence-corrected chi connectivity index (χ2v) is 6.08. The summed E-state index contributed by atoms with van der Waals surface area (Å²) >= 11 is 0. The molecule has 0 aromatic rings. The molecule has 1 amide bonds. The molecule has 0 heterocycles. The summed E-state index contributed by atoms with van der Waals surface area (Å²) in [5.74, 6) is -1.01. The van der Waals surface area contributed by atoms with Crippen molar-refractivity contribution in [2.75, 3.05) is 20.7 Å². The highest BCUT2D eigenvalue weighted by atomic mass is 16.5. The van der Waals surface area contributed by atoms with E-state index in [1.165, 1.54) is 14.1 Å². The lowest BCUT2D eigenvalue weighted by Crippen LogP contribution is -2.67. The highest BCUT2D eigenvalue weighted by Gasteiger charge is 2.44. The number of hydrogen-bond acceptors (Lipinski definition) is 7. The SMILES string of the molecule is CCCC(C)(NC(=O)[C@H](O)[C@@H](O)[C@H](O)[C@H](O)CO)[N+](C)(C)O.